The third-order valence-corrected chi connectivity index (χ3v) is 5.01. The van der Waals surface area contributed by atoms with Crippen LogP contribution in [0.3, 0.4) is 0 Å². The first-order chi connectivity index (χ1) is 11.2. The van der Waals surface area contributed by atoms with Crippen LogP contribution in [0.5, 0.6) is 0 Å². The zero-order chi connectivity index (χ0) is 15.8. The first-order valence-corrected chi connectivity index (χ1v) is 8.35. The number of H-pyrrole nitrogens is 1. The van der Waals surface area contributed by atoms with Crippen LogP contribution < -0.4 is 5.32 Å². The van der Waals surface area contributed by atoms with Crippen molar-refractivity contribution in [3.05, 3.63) is 41.1 Å². The number of nitrogens with zero attached hydrogens (tertiary/aromatic N) is 2. The molecule has 0 saturated carbocycles. The van der Waals surface area contributed by atoms with Gasteiger partial charge in [0.2, 0.25) is 0 Å². The summed E-state index contributed by atoms with van der Waals surface area (Å²) in [7, 11) is 0. The molecule has 2 aliphatic heterocycles. The number of carbonyl (C=O) groups is 1. The van der Waals surface area contributed by atoms with Crippen molar-refractivity contribution in [3.63, 3.8) is 0 Å². The van der Waals surface area contributed by atoms with E-state index in [2.05, 4.69) is 22.4 Å². The van der Waals surface area contributed by atoms with Gasteiger partial charge in [-0.1, -0.05) is 6.92 Å². The number of hydrogen-bond donors (Lipinski definition) is 2. The summed E-state index contributed by atoms with van der Waals surface area (Å²) in [6.07, 6.45) is 4.53. The molecule has 1 amide bonds. The number of nitrogens with one attached hydrogen (secondary N) is 2. The van der Waals surface area contributed by atoms with E-state index in [1.807, 2.05) is 17.0 Å². The van der Waals surface area contributed by atoms with Gasteiger partial charge in [-0.05, 0) is 30.9 Å². The molecule has 6 heteroatoms. The first-order valence-electron chi connectivity index (χ1n) is 8.35. The first kappa shape index (κ1) is 14.5. The Balaban J connectivity index is 1.65. The van der Waals surface area contributed by atoms with E-state index in [1.165, 1.54) is 0 Å². The Morgan fingerprint density at radius 2 is 2.39 bits per heavy atom. The number of rotatable bonds is 2. The van der Waals surface area contributed by atoms with Crippen LogP contribution in [0.1, 0.15) is 53.3 Å². The summed E-state index contributed by atoms with van der Waals surface area (Å²) in [4.78, 5) is 15.1. The summed E-state index contributed by atoms with van der Waals surface area (Å²) in [5.74, 6) is 1.47. The Morgan fingerprint density at radius 1 is 1.48 bits per heavy atom. The monoisotopic (exact) mass is 314 g/mol. The smallest absolute Gasteiger partial charge is 0.275 e. The van der Waals surface area contributed by atoms with Gasteiger partial charge in [0, 0.05) is 37.3 Å². The zero-order valence-electron chi connectivity index (χ0n) is 13.3. The maximum atomic E-state index is 13.1. The van der Waals surface area contributed by atoms with Gasteiger partial charge >= 0.3 is 0 Å². The highest BCUT2D eigenvalue weighted by Gasteiger charge is 2.35. The summed E-state index contributed by atoms with van der Waals surface area (Å²) >= 11 is 0. The van der Waals surface area contributed by atoms with E-state index in [9.17, 15) is 4.79 Å². The van der Waals surface area contributed by atoms with Gasteiger partial charge in [-0.2, -0.15) is 5.10 Å². The summed E-state index contributed by atoms with van der Waals surface area (Å²) in [6.45, 7) is 4.63. The maximum Gasteiger partial charge on any atom is 0.275 e. The molecule has 2 aromatic rings. The standard InChI is InChI=1S/C17H22N4O2/c1-11-5-7-21(14(9-11)15-3-2-8-23-15)17(22)16-12-10-18-6-4-13(12)19-20-16/h2-3,8,11,14,18H,4-7,9-10H2,1H3,(H,19,20). The lowest BCUT2D eigenvalue weighted by Crippen LogP contribution is -2.41. The lowest BCUT2D eigenvalue weighted by molar-refractivity contribution is 0.0513. The van der Waals surface area contributed by atoms with Gasteiger partial charge in [0.15, 0.2) is 5.69 Å². The number of piperidine rings is 1. The topological polar surface area (TPSA) is 74.2 Å². The third kappa shape index (κ3) is 2.57. The van der Waals surface area contributed by atoms with Crippen LogP contribution in [0, 0.1) is 5.92 Å². The number of furan rings is 1. The molecule has 4 heterocycles. The second kappa shape index (κ2) is 5.85. The quantitative estimate of drug-likeness (QED) is 0.892. The Morgan fingerprint density at radius 3 is 3.22 bits per heavy atom. The van der Waals surface area contributed by atoms with Crippen LogP contribution in [0.2, 0.25) is 0 Å². The van der Waals surface area contributed by atoms with Crippen LogP contribution in [-0.2, 0) is 13.0 Å². The fourth-order valence-electron chi connectivity index (χ4n) is 3.67. The van der Waals surface area contributed by atoms with Crippen molar-refractivity contribution in [2.24, 2.45) is 5.92 Å². The van der Waals surface area contributed by atoms with E-state index in [0.29, 0.717) is 18.2 Å². The molecule has 2 N–H and O–H groups in total. The molecule has 4 rings (SSSR count). The van der Waals surface area contributed by atoms with E-state index in [4.69, 9.17) is 4.42 Å². The number of amides is 1. The van der Waals surface area contributed by atoms with Crippen molar-refractivity contribution in [1.29, 1.82) is 0 Å². The van der Waals surface area contributed by atoms with Crippen molar-refractivity contribution in [1.82, 2.24) is 20.4 Å². The molecule has 0 spiro atoms. The highest BCUT2D eigenvalue weighted by Crippen LogP contribution is 2.35. The molecular weight excluding hydrogens is 292 g/mol. The van der Waals surface area contributed by atoms with E-state index < -0.39 is 0 Å². The Bertz CT molecular complexity index is 692. The molecule has 2 atom stereocenters. The minimum atomic E-state index is 0.00477. The summed E-state index contributed by atoms with van der Waals surface area (Å²) in [6, 6.07) is 3.85. The van der Waals surface area contributed by atoms with Crippen molar-refractivity contribution in [3.8, 4) is 0 Å². The molecule has 1 fully saturated rings. The molecule has 1 saturated heterocycles. The Labute approximate surface area is 135 Å². The normalized spacial score (nSPS) is 24.5. The maximum absolute atomic E-state index is 13.1. The van der Waals surface area contributed by atoms with Gasteiger partial charge < -0.3 is 14.6 Å². The summed E-state index contributed by atoms with van der Waals surface area (Å²) < 4.78 is 5.60. The minimum absolute atomic E-state index is 0.00477. The fourth-order valence-corrected chi connectivity index (χ4v) is 3.67. The van der Waals surface area contributed by atoms with Crippen LogP contribution in [0.4, 0.5) is 0 Å². The van der Waals surface area contributed by atoms with Crippen LogP contribution in [0.25, 0.3) is 0 Å². The highest BCUT2D eigenvalue weighted by atomic mass is 16.3. The average Bonchev–Trinajstić information content (AvgIpc) is 3.24. The third-order valence-electron chi connectivity index (χ3n) is 5.01. The molecule has 0 radical (unpaired) electrons. The molecule has 0 bridgehead atoms. The second-order valence-electron chi connectivity index (χ2n) is 6.62. The number of carbonyl (C=O) groups excluding carboxylic acids is 1. The van der Waals surface area contributed by atoms with Crippen molar-refractivity contribution in [2.45, 2.75) is 38.8 Å². The molecular formula is C17H22N4O2. The molecule has 2 aliphatic rings. The van der Waals surface area contributed by atoms with Crippen LogP contribution >= 0.6 is 0 Å². The molecule has 2 unspecified atom stereocenters. The summed E-state index contributed by atoms with van der Waals surface area (Å²) in [5.41, 5.74) is 2.68. The molecule has 0 aromatic carbocycles. The predicted molar refractivity (Wildman–Crippen MR) is 84.9 cm³/mol. The lowest BCUT2D eigenvalue weighted by atomic mass is 9.90. The van der Waals surface area contributed by atoms with Gasteiger partial charge in [0.05, 0.1) is 12.3 Å². The van der Waals surface area contributed by atoms with Gasteiger partial charge in [-0.3, -0.25) is 9.89 Å². The molecule has 122 valence electrons. The van der Waals surface area contributed by atoms with E-state index in [0.717, 1.165) is 49.4 Å². The number of aromatic amines is 1. The van der Waals surface area contributed by atoms with E-state index in [1.54, 1.807) is 6.26 Å². The number of aromatic nitrogens is 2. The summed E-state index contributed by atoms with van der Waals surface area (Å²) in [5, 5.41) is 10.7. The van der Waals surface area contributed by atoms with Crippen molar-refractivity contribution < 1.29 is 9.21 Å². The van der Waals surface area contributed by atoms with Gasteiger partial charge in [0.25, 0.3) is 5.91 Å². The van der Waals surface area contributed by atoms with Gasteiger partial charge in [0.1, 0.15) is 5.76 Å². The van der Waals surface area contributed by atoms with E-state index >= 15 is 0 Å². The SMILES string of the molecule is CC1CCN(C(=O)c2n[nH]c3c2CNCC3)C(c2ccco2)C1. The van der Waals surface area contributed by atoms with Crippen LogP contribution in [0.15, 0.2) is 22.8 Å². The highest BCUT2D eigenvalue weighted by molar-refractivity contribution is 5.94. The zero-order valence-corrected chi connectivity index (χ0v) is 13.3. The van der Waals surface area contributed by atoms with Gasteiger partial charge in [-0.25, -0.2) is 0 Å². The fraction of sp³-hybridized carbons (Fsp3) is 0.529. The lowest BCUT2D eigenvalue weighted by Gasteiger charge is -2.37. The Kier molecular flexibility index (Phi) is 3.69. The number of likely N-dealkylation sites (tertiary alicyclic amines) is 1. The number of fused-ring (bicyclic) bond motifs is 1. The molecule has 23 heavy (non-hydrogen) atoms. The van der Waals surface area contributed by atoms with Crippen LogP contribution in [-0.4, -0.2) is 34.1 Å². The van der Waals surface area contributed by atoms with Gasteiger partial charge in [-0.15, -0.1) is 0 Å². The van der Waals surface area contributed by atoms with E-state index in [-0.39, 0.29) is 11.9 Å². The predicted octanol–water partition coefficient (Wildman–Crippen LogP) is 2.26. The second-order valence-corrected chi connectivity index (χ2v) is 6.62. The molecule has 6 nitrogen and oxygen atoms in total. The minimum Gasteiger partial charge on any atom is -0.467 e. The van der Waals surface area contributed by atoms with Crippen molar-refractivity contribution >= 4 is 5.91 Å². The average molecular weight is 314 g/mol. The van der Waals surface area contributed by atoms with Crippen molar-refractivity contribution in [2.75, 3.05) is 13.1 Å². The number of hydrogen-bond acceptors (Lipinski definition) is 4. The Hall–Kier alpha value is -2.08. The molecule has 0 aliphatic carbocycles. The molecule has 2 aromatic heterocycles. The largest absolute Gasteiger partial charge is 0.467 e.